The van der Waals surface area contributed by atoms with Crippen LogP contribution in [0.4, 0.5) is 4.79 Å². The Balaban J connectivity index is 2.02. The summed E-state index contributed by atoms with van der Waals surface area (Å²) < 4.78 is 0. The molecule has 5 heteroatoms. The predicted molar refractivity (Wildman–Crippen MR) is 61.3 cm³/mol. The minimum absolute atomic E-state index is 0.156. The van der Waals surface area contributed by atoms with Crippen LogP contribution in [0.25, 0.3) is 0 Å². The van der Waals surface area contributed by atoms with Crippen molar-refractivity contribution in [3.05, 3.63) is 35.9 Å². The zero-order valence-electron chi connectivity index (χ0n) is 8.50. The molecule has 1 aromatic rings. The topological polar surface area (TPSA) is 57.6 Å². The molecule has 84 valence electrons. The van der Waals surface area contributed by atoms with E-state index in [0.29, 0.717) is 6.54 Å². The largest absolute Gasteiger partial charge is 0.480 e. The maximum absolute atomic E-state index is 11.5. The number of hydrogen-bond donors (Lipinski definition) is 1. The first-order valence-electron chi connectivity index (χ1n) is 4.89. The van der Waals surface area contributed by atoms with Gasteiger partial charge in [0.2, 0.25) is 0 Å². The molecule has 1 aliphatic heterocycles. The van der Waals surface area contributed by atoms with Crippen molar-refractivity contribution < 1.29 is 14.7 Å². The number of carbonyl (C=O) groups excluding carboxylic acids is 1. The third-order valence-corrected chi connectivity index (χ3v) is 3.47. The summed E-state index contributed by atoms with van der Waals surface area (Å²) in [5.74, 6) is -0.922. The fourth-order valence-electron chi connectivity index (χ4n) is 1.57. The first-order chi connectivity index (χ1) is 7.66. The summed E-state index contributed by atoms with van der Waals surface area (Å²) in [6, 6.07) is 9.55. The highest BCUT2D eigenvalue weighted by Crippen LogP contribution is 2.26. The molecule has 1 aliphatic rings. The Morgan fingerprint density at radius 3 is 2.69 bits per heavy atom. The van der Waals surface area contributed by atoms with E-state index in [0.717, 1.165) is 17.3 Å². The van der Waals surface area contributed by atoms with Crippen molar-refractivity contribution in [2.45, 2.75) is 11.8 Å². The molecule has 1 N–H and O–H groups in total. The third kappa shape index (κ3) is 2.36. The molecule has 16 heavy (non-hydrogen) atoms. The molecule has 1 saturated heterocycles. The van der Waals surface area contributed by atoms with Crippen molar-refractivity contribution in [1.29, 1.82) is 0 Å². The Hall–Kier alpha value is -1.49. The Bertz CT molecular complexity index is 407. The molecule has 4 nitrogen and oxygen atoms in total. The van der Waals surface area contributed by atoms with Gasteiger partial charge < -0.3 is 10.0 Å². The van der Waals surface area contributed by atoms with E-state index in [2.05, 4.69) is 0 Å². The fourth-order valence-corrected chi connectivity index (χ4v) is 2.46. The number of aliphatic carboxylic acids is 1. The first-order valence-corrected chi connectivity index (χ1v) is 5.77. The zero-order chi connectivity index (χ0) is 11.5. The van der Waals surface area contributed by atoms with Crippen molar-refractivity contribution in [2.24, 2.45) is 0 Å². The number of hydrogen-bond acceptors (Lipinski definition) is 3. The number of nitrogens with zero attached hydrogens (tertiary/aromatic N) is 1. The van der Waals surface area contributed by atoms with Crippen molar-refractivity contribution >= 4 is 23.0 Å². The van der Waals surface area contributed by atoms with E-state index in [4.69, 9.17) is 5.11 Å². The maximum atomic E-state index is 11.5. The molecular formula is C11H11NO3S. The van der Waals surface area contributed by atoms with E-state index in [9.17, 15) is 9.59 Å². The van der Waals surface area contributed by atoms with Crippen LogP contribution in [-0.2, 0) is 11.3 Å². The number of rotatable bonds is 3. The second-order valence-electron chi connectivity index (χ2n) is 3.58. The van der Waals surface area contributed by atoms with E-state index >= 15 is 0 Å². The van der Waals surface area contributed by atoms with Crippen molar-refractivity contribution in [3.63, 3.8) is 0 Å². The number of carbonyl (C=O) groups is 2. The Morgan fingerprint density at radius 1 is 1.44 bits per heavy atom. The highest BCUT2D eigenvalue weighted by atomic mass is 32.2. The molecule has 0 aliphatic carbocycles. The molecule has 0 spiro atoms. The van der Waals surface area contributed by atoms with Gasteiger partial charge in [0.25, 0.3) is 5.24 Å². The van der Waals surface area contributed by atoms with Crippen LogP contribution in [-0.4, -0.2) is 33.0 Å². The standard InChI is InChI=1S/C11H11NO3S/c13-10(14)9-7-12(11(15)16-9)6-8-4-2-1-3-5-8/h1-5,9H,6-7H2,(H,13,14). The second kappa shape index (κ2) is 4.57. The van der Waals surface area contributed by atoms with E-state index in [1.165, 1.54) is 0 Å². The van der Waals surface area contributed by atoms with Crippen LogP contribution < -0.4 is 0 Å². The lowest BCUT2D eigenvalue weighted by Gasteiger charge is -2.14. The summed E-state index contributed by atoms with van der Waals surface area (Å²) in [4.78, 5) is 23.8. The van der Waals surface area contributed by atoms with Gasteiger partial charge in [0, 0.05) is 13.1 Å². The number of thioether (sulfide) groups is 1. The molecule has 2 rings (SSSR count). The molecule has 1 fully saturated rings. The molecule has 0 bridgehead atoms. The van der Waals surface area contributed by atoms with Gasteiger partial charge in [0.05, 0.1) is 0 Å². The zero-order valence-corrected chi connectivity index (χ0v) is 9.31. The summed E-state index contributed by atoms with van der Waals surface area (Å²) in [6.07, 6.45) is 0. The second-order valence-corrected chi connectivity index (χ2v) is 4.73. The highest BCUT2D eigenvalue weighted by Gasteiger charge is 2.34. The summed E-state index contributed by atoms with van der Waals surface area (Å²) in [5.41, 5.74) is 1.02. The van der Waals surface area contributed by atoms with Gasteiger partial charge in [-0.2, -0.15) is 0 Å². The lowest BCUT2D eigenvalue weighted by molar-refractivity contribution is -0.136. The Labute approximate surface area is 97.3 Å². The normalized spacial score (nSPS) is 20.1. The van der Waals surface area contributed by atoms with Crippen LogP contribution in [0.1, 0.15) is 5.56 Å². The van der Waals surface area contributed by atoms with Crippen LogP contribution in [0, 0.1) is 0 Å². The minimum Gasteiger partial charge on any atom is -0.480 e. The quantitative estimate of drug-likeness (QED) is 0.871. The SMILES string of the molecule is O=C(O)C1CN(Cc2ccccc2)C(=O)S1. The maximum Gasteiger partial charge on any atom is 0.319 e. The predicted octanol–water partition coefficient (Wildman–Crippen LogP) is 1.81. The van der Waals surface area contributed by atoms with Crippen LogP contribution in [0.3, 0.4) is 0 Å². The number of benzene rings is 1. The fraction of sp³-hybridized carbons (Fsp3) is 0.273. The lowest BCUT2D eigenvalue weighted by Crippen LogP contribution is -2.27. The number of carboxylic acid groups (broad SMARTS) is 1. The van der Waals surface area contributed by atoms with Crippen LogP contribution in [0.2, 0.25) is 0 Å². The summed E-state index contributed by atoms with van der Waals surface area (Å²) in [6.45, 7) is 0.768. The van der Waals surface area contributed by atoms with Crippen molar-refractivity contribution in [1.82, 2.24) is 4.90 Å². The van der Waals surface area contributed by atoms with Gasteiger partial charge in [-0.15, -0.1) is 0 Å². The van der Waals surface area contributed by atoms with E-state index in [1.807, 2.05) is 30.3 Å². The Morgan fingerprint density at radius 2 is 2.12 bits per heavy atom. The molecule has 1 aromatic carbocycles. The van der Waals surface area contributed by atoms with Crippen molar-refractivity contribution in [2.75, 3.05) is 6.54 Å². The first kappa shape index (κ1) is 11.0. The van der Waals surface area contributed by atoms with Gasteiger partial charge in [0.1, 0.15) is 5.25 Å². The molecule has 1 heterocycles. The van der Waals surface area contributed by atoms with Crippen LogP contribution in [0.5, 0.6) is 0 Å². The van der Waals surface area contributed by atoms with E-state index in [-0.39, 0.29) is 11.8 Å². The molecule has 1 unspecified atom stereocenters. The third-order valence-electron chi connectivity index (χ3n) is 2.38. The summed E-state index contributed by atoms with van der Waals surface area (Å²) in [5, 5.41) is 8.03. The van der Waals surface area contributed by atoms with Gasteiger partial charge in [0.15, 0.2) is 0 Å². The monoisotopic (exact) mass is 237 g/mol. The lowest BCUT2D eigenvalue weighted by atomic mass is 10.2. The molecular weight excluding hydrogens is 226 g/mol. The summed E-state index contributed by atoms with van der Waals surface area (Å²) in [7, 11) is 0. The highest BCUT2D eigenvalue weighted by molar-refractivity contribution is 8.15. The van der Waals surface area contributed by atoms with E-state index < -0.39 is 11.2 Å². The van der Waals surface area contributed by atoms with Gasteiger partial charge in [-0.25, -0.2) is 0 Å². The van der Waals surface area contributed by atoms with Gasteiger partial charge in [-0.05, 0) is 17.3 Å². The molecule has 1 amide bonds. The molecule has 1 atom stereocenters. The van der Waals surface area contributed by atoms with Crippen LogP contribution >= 0.6 is 11.8 Å². The van der Waals surface area contributed by atoms with Gasteiger partial charge in [-0.1, -0.05) is 30.3 Å². The average Bonchev–Trinajstić information content (AvgIpc) is 2.62. The smallest absolute Gasteiger partial charge is 0.319 e. The Kier molecular flexibility index (Phi) is 3.14. The van der Waals surface area contributed by atoms with Gasteiger partial charge in [-0.3, -0.25) is 9.59 Å². The van der Waals surface area contributed by atoms with Crippen molar-refractivity contribution in [3.8, 4) is 0 Å². The number of carboxylic acids is 1. The summed E-state index contributed by atoms with van der Waals surface area (Å²) >= 11 is 0.888. The van der Waals surface area contributed by atoms with E-state index in [1.54, 1.807) is 4.90 Å². The molecule has 0 radical (unpaired) electrons. The van der Waals surface area contributed by atoms with Crippen LogP contribution in [0.15, 0.2) is 30.3 Å². The average molecular weight is 237 g/mol. The number of amides is 1. The molecule has 0 saturated carbocycles. The van der Waals surface area contributed by atoms with Gasteiger partial charge >= 0.3 is 5.97 Å². The molecule has 0 aromatic heterocycles. The minimum atomic E-state index is -0.922.